The van der Waals surface area contributed by atoms with Crippen molar-refractivity contribution in [2.75, 3.05) is 39.4 Å². The first kappa shape index (κ1) is 18.2. The van der Waals surface area contributed by atoms with E-state index in [1.807, 2.05) is 24.3 Å². The number of hydrogen-bond donors (Lipinski definition) is 1. The smallest absolute Gasteiger partial charge is 0.263 e. The molecule has 0 spiro atoms. The number of halogens is 1. The number of morpholine rings is 1. The van der Waals surface area contributed by atoms with Crippen LogP contribution in [0.15, 0.2) is 28.7 Å². The number of carbonyl (C=O) groups is 1. The summed E-state index contributed by atoms with van der Waals surface area (Å²) in [5.74, 6) is 0.587. The van der Waals surface area contributed by atoms with E-state index in [9.17, 15) is 4.79 Å². The number of ether oxygens (including phenoxy) is 2. The molecule has 1 aliphatic heterocycles. The zero-order chi connectivity index (χ0) is 16.7. The van der Waals surface area contributed by atoms with Crippen molar-refractivity contribution in [1.82, 2.24) is 10.2 Å². The molecule has 0 aromatic heterocycles. The predicted octanol–water partition coefficient (Wildman–Crippen LogP) is 2.45. The third kappa shape index (κ3) is 6.12. The molecule has 1 heterocycles. The lowest BCUT2D eigenvalue weighted by Gasteiger charge is -2.27. The fraction of sp³-hybridized carbons (Fsp3) is 0.588. The van der Waals surface area contributed by atoms with Crippen LogP contribution in [0.5, 0.6) is 5.75 Å². The quantitative estimate of drug-likeness (QED) is 0.733. The van der Waals surface area contributed by atoms with Crippen molar-refractivity contribution in [1.29, 1.82) is 0 Å². The molecule has 1 amide bonds. The van der Waals surface area contributed by atoms with Crippen molar-refractivity contribution in [3.05, 3.63) is 28.7 Å². The number of rotatable bonds is 7. The normalized spacial score (nSPS) is 16.1. The van der Waals surface area contributed by atoms with Crippen LogP contribution < -0.4 is 10.1 Å². The van der Waals surface area contributed by atoms with E-state index in [4.69, 9.17) is 9.47 Å². The maximum Gasteiger partial charge on any atom is 0.263 e. The van der Waals surface area contributed by atoms with E-state index in [2.05, 4.69) is 26.1 Å². The second-order valence-corrected chi connectivity index (χ2v) is 7.05. The highest BCUT2D eigenvalue weighted by Gasteiger charge is 2.29. The van der Waals surface area contributed by atoms with Crippen molar-refractivity contribution in [3.63, 3.8) is 0 Å². The van der Waals surface area contributed by atoms with Crippen LogP contribution in [0.25, 0.3) is 0 Å². The van der Waals surface area contributed by atoms with Gasteiger partial charge < -0.3 is 14.8 Å². The molecule has 1 aromatic rings. The van der Waals surface area contributed by atoms with Crippen molar-refractivity contribution in [2.24, 2.45) is 0 Å². The van der Waals surface area contributed by atoms with E-state index in [1.54, 1.807) is 13.8 Å². The molecule has 1 aromatic carbocycles. The molecular weight excluding hydrogens is 360 g/mol. The topological polar surface area (TPSA) is 50.8 Å². The number of carbonyl (C=O) groups excluding carboxylic acids is 1. The Balaban J connectivity index is 1.71. The molecule has 1 aliphatic rings. The van der Waals surface area contributed by atoms with E-state index < -0.39 is 5.60 Å². The van der Waals surface area contributed by atoms with Gasteiger partial charge in [0, 0.05) is 24.1 Å². The molecule has 0 saturated carbocycles. The second-order valence-electron chi connectivity index (χ2n) is 6.13. The van der Waals surface area contributed by atoms with Gasteiger partial charge in [-0.1, -0.05) is 15.9 Å². The van der Waals surface area contributed by atoms with Crippen LogP contribution in [-0.2, 0) is 9.53 Å². The van der Waals surface area contributed by atoms with Crippen LogP contribution in [0, 0.1) is 0 Å². The summed E-state index contributed by atoms with van der Waals surface area (Å²) < 4.78 is 12.1. The predicted molar refractivity (Wildman–Crippen MR) is 93.7 cm³/mol. The number of nitrogens with zero attached hydrogens (tertiary/aromatic N) is 1. The SMILES string of the molecule is CC(C)(Oc1ccc(Br)cc1)C(=O)NCCCN1CCOCC1. The Kier molecular flexibility index (Phi) is 6.87. The van der Waals surface area contributed by atoms with Gasteiger partial charge in [0.15, 0.2) is 5.60 Å². The second kappa shape index (κ2) is 8.66. The summed E-state index contributed by atoms with van der Waals surface area (Å²) in [5.41, 5.74) is -0.896. The molecule has 0 radical (unpaired) electrons. The third-order valence-corrected chi connectivity index (χ3v) is 4.30. The summed E-state index contributed by atoms with van der Waals surface area (Å²) >= 11 is 3.38. The standard InChI is InChI=1S/C17H25BrN2O3/c1-17(2,23-15-6-4-14(18)5-7-15)16(21)19-8-3-9-20-10-12-22-13-11-20/h4-7H,3,8-13H2,1-2H3,(H,19,21). The molecule has 1 fully saturated rings. The van der Waals surface area contributed by atoms with Gasteiger partial charge >= 0.3 is 0 Å². The van der Waals surface area contributed by atoms with Gasteiger partial charge in [-0.2, -0.15) is 0 Å². The van der Waals surface area contributed by atoms with Crippen LogP contribution in [-0.4, -0.2) is 55.8 Å². The summed E-state index contributed by atoms with van der Waals surface area (Å²) in [5, 5.41) is 2.96. The maximum atomic E-state index is 12.3. The van der Waals surface area contributed by atoms with Crippen LogP contribution in [0.2, 0.25) is 0 Å². The lowest BCUT2D eigenvalue weighted by Crippen LogP contribution is -2.47. The molecule has 6 heteroatoms. The Morgan fingerprint density at radius 1 is 1.30 bits per heavy atom. The number of nitrogens with one attached hydrogen (secondary N) is 1. The molecular formula is C17H25BrN2O3. The number of benzene rings is 1. The van der Waals surface area contributed by atoms with E-state index in [0.29, 0.717) is 12.3 Å². The van der Waals surface area contributed by atoms with Gasteiger partial charge in [0.05, 0.1) is 13.2 Å². The largest absolute Gasteiger partial charge is 0.478 e. The molecule has 2 rings (SSSR count). The van der Waals surface area contributed by atoms with E-state index in [-0.39, 0.29) is 5.91 Å². The van der Waals surface area contributed by atoms with Gasteiger partial charge in [-0.05, 0) is 51.1 Å². The molecule has 1 N–H and O–H groups in total. The molecule has 0 atom stereocenters. The Morgan fingerprint density at radius 2 is 1.96 bits per heavy atom. The zero-order valence-electron chi connectivity index (χ0n) is 13.8. The van der Waals surface area contributed by atoms with Gasteiger partial charge in [0.2, 0.25) is 0 Å². The summed E-state index contributed by atoms with van der Waals surface area (Å²) in [4.78, 5) is 14.7. The maximum absolute atomic E-state index is 12.3. The molecule has 0 aliphatic carbocycles. The highest BCUT2D eigenvalue weighted by molar-refractivity contribution is 9.10. The van der Waals surface area contributed by atoms with Gasteiger partial charge in [-0.3, -0.25) is 9.69 Å². The van der Waals surface area contributed by atoms with Crippen molar-refractivity contribution < 1.29 is 14.3 Å². The first-order valence-corrected chi connectivity index (χ1v) is 8.80. The first-order valence-electron chi connectivity index (χ1n) is 8.00. The highest BCUT2D eigenvalue weighted by atomic mass is 79.9. The van der Waals surface area contributed by atoms with Crippen molar-refractivity contribution >= 4 is 21.8 Å². The molecule has 23 heavy (non-hydrogen) atoms. The zero-order valence-corrected chi connectivity index (χ0v) is 15.4. The fourth-order valence-electron chi connectivity index (χ4n) is 2.39. The van der Waals surface area contributed by atoms with Crippen molar-refractivity contribution in [2.45, 2.75) is 25.9 Å². The Bertz CT molecular complexity index is 499. The summed E-state index contributed by atoms with van der Waals surface area (Å²) in [7, 11) is 0. The number of amides is 1. The average Bonchev–Trinajstić information content (AvgIpc) is 2.54. The minimum absolute atomic E-state index is 0.0950. The molecule has 0 bridgehead atoms. The van der Waals surface area contributed by atoms with Gasteiger partial charge in [0.1, 0.15) is 5.75 Å². The lowest BCUT2D eigenvalue weighted by molar-refractivity contribution is -0.134. The minimum Gasteiger partial charge on any atom is -0.478 e. The Morgan fingerprint density at radius 3 is 2.61 bits per heavy atom. The van der Waals surface area contributed by atoms with Gasteiger partial charge in [0.25, 0.3) is 5.91 Å². The summed E-state index contributed by atoms with van der Waals surface area (Å²) in [6, 6.07) is 7.48. The van der Waals surface area contributed by atoms with Gasteiger partial charge in [-0.15, -0.1) is 0 Å². The van der Waals surface area contributed by atoms with Crippen LogP contribution in [0.3, 0.4) is 0 Å². The Labute approximate surface area is 146 Å². The van der Waals surface area contributed by atoms with E-state index in [1.165, 1.54) is 0 Å². The fourth-order valence-corrected chi connectivity index (χ4v) is 2.65. The van der Waals surface area contributed by atoms with Gasteiger partial charge in [-0.25, -0.2) is 0 Å². The van der Waals surface area contributed by atoms with Crippen LogP contribution in [0.1, 0.15) is 20.3 Å². The van der Waals surface area contributed by atoms with E-state index in [0.717, 1.165) is 43.7 Å². The summed E-state index contributed by atoms with van der Waals surface area (Å²) in [6.45, 7) is 8.78. The minimum atomic E-state index is -0.896. The molecule has 128 valence electrons. The number of hydrogen-bond acceptors (Lipinski definition) is 4. The van der Waals surface area contributed by atoms with Crippen LogP contribution in [0.4, 0.5) is 0 Å². The summed E-state index contributed by atoms with van der Waals surface area (Å²) in [6.07, 6.45) is 0.931. The van der Waals surface area contributed by atoms with Crippen LogP contribution >= 0.6 is 15.9 Å². The molecule has 1 saturated heterocycles. The third-order valence-electron chi connectivity index (χ3n) is 3.77. The lowest BCUT2D eigenvalue weighted by atomic mass is 10.1. The highest BCUT2D eigenvalue weighted by Crippen LogP contribution is 2.21. The Hall–Kier alpha value is -1.11. The average molecular weight is 385 g/mol. The first-order chi connectivity index (χ1) is 11.0. The van der Waals surface area contributed by atoms with E-state index >= 15 is 0 Å². The monoisotopic (exact) mass is 384 g/mol. The van der Waals surface area contributed by atoms with Crippen molar-refractivity contribution in [3.8, 4) is 5.75 Å². The molecule has 0 unspecified atom stereocenters. The molecule has 5 nitrogen and oxygen atoms in total.